The number of likely N-dealkylation sites (N-methyl/N-ethyl adjacent to an activating group) is 1. The predicted molar refractivity (Wildman–Crippen MR) is 82.5 cm³/mol. The van der Waals surface area contributed by atoms with E-state index in [1.807, 2.05) is 4.90 Å². The van der Waals surface area contributed by atoms with Gasteiger partial charge in [-0.15, -0.1) is 0 Å². The van der Waals surface area contributed by atoms with Crippen molar-refractivity contribution in [2.45, 2.75) is 18.9 Å². The van der Waals surface area contributed by atoms with Crippen LogP contribution in [0.4, 0.5) is 10.3 Å². The Morgan fingerprint density at radius 2 is 2.09 bits per heavy atom. The first-order valence-electron chi connectivity index (χ1n) is 7.53. The van der Waals surface area contributed by atoms with E-state index in [4.69, 9.17) is 0 Å². The number of nitrogens with zero attached hydrogens (tertiary/aromatic N) is 6. The highest BCUT2D eigenvalue weighted by molar-refractivity contribution is 5.93. The first-order chi connectivity index (χ1) is 11.0. The predicted octanol–water partition coefficient (Wildman–Crippen LogP) is 1.09. The molecule has 8 heteroatoms. The minimum atomic E-state index is -0.453. The molecule has 1 aliphatic heterocycles. The molecule has 3 heterocycles. The fourth-order valence-corrected chi connectivity index (χ4v) is 2.82. The summed E-state index contributed by atoms with van der Waals surface area (Å²) in [5.41, 5.74) is 0.574. The molecular formula is C15H19FN6O. The Morgan fingerprint density at radius 3 is 2.74 bits per heavy atom. The second-order valence-electron chi connectivity index (χ2n) is 5.76. The summed E-state index contributed by atoms with van der Waals surface area (Å²) in [5.74, 6) is -0.00511. The van der Waals surface area contributed by atoms with E-state index in [0.717, 1.165) is 31.8 Å². The Bertz CT molecular complexity index is 686. The minimum absolute atomic E-state index is 0.0509. The van der Waals surface area contributed by atoms with Crippen molar-refractivity contribution in [1.82, 2.24) is 24.6 Å². The second kappa shape index (κ2) is 6.31. The molecule has 23 heavy (non-hydrogen) atoms. The zero-order valence-corrected chi connectivity index (χ0v) is 13.2. The van der Waals surface area contributed by atoms with Crippen molar-refractivity contribution in [3.8, 4) is 0 Å². The smallest absolute Gasteiger partial charge is 0.257 e. The molecule has 1 unspecified atom stereocenters. The average Bonchev–Trinajstić information content (AvgIpc) is 3.01. The molecule has 0 N–H and O–H groups in total. The van der Waals surface area contributed by atoms with Gasteiger partial charge in [-0.25, -0.2) is 14.4 Å². The third-order valence-corrected chi connectivity index (χ3v) is 4.11. The number of piperidine rings is 1. The Kier molecular flexibility index (Phi) is 4.22. The van der Waals surface area contributed by atoms with Crippen molar-refractivity contribution in [2.75, 3.05) is 25.0 Å². The maximum Gasteiger partial charge on any atom is 0.257 e. The second-order valence-corrected chi connectivity index (χ2v) is 5.76. The van der Waals surface area contributed by atoms with Gasteiger partial charge in [0, 0.05) is 39.4 Å². The van der Waals surface area contributed by atoms with Crippen LogP contribution in [-0.2, 0) is 7.05 Å². The van der Waals surface area contributed by atoms with Crippen LogP contribution in [0.3, 0.4) is 0 Å². The lowest BCUT2D eigenvalue weighted by Crippen LogP contribution is -2.49. The molecule has 3 rings (SSSR count). The molecule has 0 spiro atoms. The molecule has 122 valence electrons. The SMILES string of the molecule is CN(C(=O)c1cnn(C)c1)C1CCCN(c2ncc(F)cn2)C1. The summed E-state index contributed by atoms with van der Waals surface area (Å²) in [6, 6.07) is 0.0603. The standard InChI is InChI=1S/C15H19FN6O/c1-20-9-11(6-19-20)14(23)21(2)13-4-3-5-22(10-13)15-17-7-12(16)8-18-15/h6-9,13H,3-5,10H2,1-2H3. The number of rotatable bonds is 3. The third kappa shape index (κ3) is 3.30. The molecule has 7 nitrogen and oxygen atoms in total. The van der Waals surface area contributed by atoms with Crippen molar-refractivity contribution in [3.05, 3.63) is 36.2 Å². The monoisotopic (exact) mass is 318 g/mol. The fraction of sp³-hybridized carbons (Fsp3) is 0.467. The van der Waals surface area contributed by atoms with Crippen LogP contribution < -0.4 is 4.90 Å². The molecule has 0 aromatic carbocycles. The molecule has 2 aromatic rings. The van der Waals surface area contributed by atoms with Crippen LogP contribution in [0.5, 0.6) is 0 Å². The van der Waals surface area contributed by atoms with Gasteiger partial charge in [0.2, 0.25) is 5.95 Å². The Balaban J connectivity index is 1.70. The van der Waals surface area contributed by atoms with Gasteiger partial charge in [0.15, 0.2) is 5.82 Å². The zero-order valence-electron chi connectivity index (χ0n) is 13.2. The van der Waals surface area contributed by atoms with Crippen molar-refractivity contribution >= 4 is 11.9 Å². The number of aryl methyl sites for hydroxylation is 1. The van der Waals surface area contributed by atoms with Crippen LogP contribution in [0, 0.1) is 5.82 Å². The summed E-state index contributed by atoms with van der Waals surface area (Å²) in [4.78, 5) is 24.3. The van der Waals surface area contributed by atoms with E-state index in [-0.39, 0.29) is 11.9 Å². The summed E-state index contributed by atoms with van der Waals surface area (Å²) in [7, 11) is 3.58. The van der Waals surface area contributed by atoms with Gasteiger partial charge in [-0.2, -0.15) is 5.10 Å². The van der Waals surface area contributed by atoms with Crippen molar-refractivity contribution in [2.24, 2.45) is 7.05 Å². The summed E-state index contributed by atoms with van der Waals surface area (Å²) in [6.45, 7) is 1.44. The normalized spacial score (nSPS) is 18.0. The molecule has 0 radical (unpaired) electrons. The number of amides is 1. The first-order valence-corrected chi connectivity index (χ1v) is 7.53. The van der Waals surface area contributed by atoms with E-state index in [2.05, 4.69) is 15.1 Å². The number of carbonyl (C=O) groups is 1. The molecule has 1 atom stereocenters. The molecule has 0 saturated carbocycles. The van der Waals surface area contributed by atoms with Crippen LogP contribution in [0.15, 0.2) is 24.8 Å². The molecule has 0 bridgehead atoms. The fourth-order valence-electron chi connectivity index (χ4n) is 2.82. The Labute approximate surface area is 133 Å². The molecule has 1 amide bonds. The van der Waals surface area contributed by atoms with E-state index in [1.54, 1.807) is 36.1 Å². The number of aromatic nitrogens is 4. The highest BCUT2D eigenvalue weighted by Gasteiger charge is 2.28. The van der Waals surface area contributed by atoms with Gasteiger partial charge in [-0.1, -0.05) is 0 Å². The maximum absolute atomic E-state index is 12.9. The van der Waals surface area contributed by atoms with E-state index < -0.39 is 5.82 Å². The summed E-state index contributed by atoms with van der Waals surface area (Å²) < 4.78 is 14.6. The quantitative estimate of drug-likeness (QED) is 0.847. The number of carbonyl (C=O) groups excluding carboxylic acids is 1. The van der Waals surface area contributed by atoms with E-state index in [9.17, 15) is 9.18 Å². The molecule has 1 fully saturated rings. The largest absolute Gasteiger partial charge is 0.339 e. The number of anilines is 1. The van der Waals surface area contributed by atoms with E-state index in [0.29, 0.717) is 18.1 Å². The Hall–Kier alpha value is -2.51. The molecule has 1 saturated heterocycles. The van der Waals surface area contributed by atoms with Crippen molar-refractivity contribution in [3.63, 3.8) is 0 Å². The van der Waals surface area contributed by atoms with Gasteiger partial charge in [-0.3, -0.25) is 9.48 Å². The van der Waals surface area contributed by atoms with Gasteiger partial charge in [0.1, 0.15) is 0 Å². The van der Waals surface area contributed by atoms with Gasteiger partial charge >= 0.3 is 0 Å². The van der Waals surface area contributed by atoms with Crippen molar-refractivity contribution in [1.29, 1.82) is 0 Å². The average molecular weight is 318 g/mol. The summed E-state index contributed by atoms with van der Waals surface area (Å²) in [6.07, 6.45) is 7.45. The summed E-state index contributed by atoms with van der Waals surface area (Å²) >= 11 is 0. The highest BCUT2D eigenvalue weighted by Crippen LogP contribution is 2.20. The van der Waals surface area contributed by atoms with Gasteiger partial charge in [-0.05, 0) is 12.8 Å². The maximum atomic E-state index is 12.9. The highest BCUT2D eigenvalue weighted by atomic mass is 19.1. The number of hydrogen-bond acceptors (Lipinski definition) is 5. The Morgan fingerprint density at radius 1 is 1.35 bits per heavy atom. The van der Waals surface area contributed by atoms with E-state index in [1.165, 1.54) is 0 Å². The minimum Gasteiger partial charge on any atom is -0.339 e. The van der Waals surface area contributed by atoms with Crippen molar-refractivity contribution < 1.29 is 9.18 Å². The lowest BCUT2D eigenvalue weighted by atomic mass is 10.0. The third-order valence-electron chi connectivity index (χ3n) is 4.11. The molecular weight excluding hydrogens is 299 g/mol. The molecule has 2 aromatic heterocycles. The molecule has 1 aliphatic rings. The van der Waals surface area contributed by atoms with Crippen LogP contribution in [0.1, 0.15) is 23.2 Å². The van der Waals surface area contributed by atoms with E-state index >= 15 is 0 Å². The van der Waals surface area contributed by atoms with Crippen LogP contribution in [-0.4, -0.2) is 56.7 Å². The number of hydrogen-bond donors (Lipinski definition) is 0. The molecule has 0 aliphatic carbocycles. The van der Waals surface area contributed by atoms with Crippen LogP contribution in [0.25, 0.3) is 0 Å². The summed E-state index contributed by atoms with van der Waals surface area (Å²) in [5, 5.41) is 4.04. The van der Waals surface area contributed by atoms with Crippen LogP contribution >= 0.6 is 0 Å². The van der Waals surface area contributed by atoms with Gasteiger partial charge < -0.3 is 9.80 Å². The first kappa shape index (κ1) is 15.4. The zero-order chi connectivity index (χ0) is 16.4. The lowest BCUT2D eigenvalue weighted by molar-refractivity contribution is 0.0717. The van der Waals surface area contributed by atoms with Gasteiger partial charge in [0.25, 0.3) is 5.91 Å². The number of halogens is 1. The topological polar surface area (TPSA) is 67.2 Å². The van der Waals surface area contributed by atoms with Crippen LogP contribution in [0.2, 0.25) is 0 Å². The van der Waals surface area contributed by atoms with Gasteiger partial charge in [0.05, 0.1) is 24.2 Å². The lowest BCUT2D eigenvalue weighted by Gasteiger charge is -2.37.